The fourth-order valence-electron chi connectivity index (χ4n) is 3.50. The molecule has 7 heteroatoms. The molecule has 27 heavy (non-hydrogen) atoms. The summed E-state index contributed by atoms with van der Waals surface area (Å²) in [5.41, 5.74) is 1.99. The van der Waals surface area contributed by atoms with Gasteiger partial charge in [0.1, 0.15) is 17.5 Å². The molecule has 0 spiro atoms. The molecule has 2 aromatic heterocycles. The zero-order chi connectivity index (χ0) is 18.8. The van der Waals surface area contributed by atoms with Gasteiger partial charge in [-0.3, -0.25) is 5.32 Å². The van der Waals surface area contributed by atoms with E-state index in [1.807, 2.05) is 52.9 Å². The van der Waals surface area contributed by atoms with Gasteiger partial charge in [-0.25, -0.2) is 4.79 Å². The standard InChI is InChI=1S/C20H21N3O3S/c1-25-14-7-8-15(17(13-14)26-2)19-16-5-3-9-22(16)10-11-23(19)20(24)21-18-6-4-12-27-18/h3-9,12-13,19H,10-11H2,1-2H3,(H,21,24). The first-order valence-corrected chi connectivity index (χ1v) is 9.57. The van der Waals surface area contributed by atoms with Gasteiger partial charge in [-0.05, 0) is 41.8 Å². The van der Waals surface area contributed by atoms with Crippen LogP contribution in [0.5, 0.6) is 11.5 Å². The van der Waals surface area contributed by atoms with Gasteiger partial charge >= 0.3 is 6.03 Å². The predicted molar refractivity (Wildman–Crippen MR) is 106 cm³/mol. The highest BCUT2D eigenvalue weighted by molar-refractivity contribution is 7.14. The Kier molecular flexibility index (Phi) is 4.77. The average molecular weight is 383 g/mol. The lowest BCUT2D eigenvalue weighted by molar-refractivity contribution is 0.180. The molecule has 0 saturated carbocycles. The van der Waals surface area contributed by atoms with Crippen LogP contribution in [0.15, 0.2) is 54.0 Å². The van der Waals surface area contributed by atoms with Crippen LogP contribution < -0.4 is 14.8 Å². The number of urea groups is 1. The Balaban J connectivity index is 1.75. The number of carbonyl (C=O) groups excluding carboxylic acids is 1. The number of ether oxygens (including phenoxy) is 2. The van der Waals surface area contributed by atoms with Gasteiger partial charge in [-0.1, -0.05) is 0 Å². The van der Waals surface area contributed by atoms with Crippen molar-refractivity contribution in [2.24, 2.45) is 0 Å². The Bertz CT molecular complexity index is 936. The van der Waals surface area contributed by atoms with Crippen molar-refractivity contribution in [1.29, 1.82) is 0 Å². The molecule has 4 rings (SSSR count). The molecule has 140 valence electrons. The minimum Gasteiger partial charge on any atom is -0.497 e. The highest BCUT2D eigenvalue weighted by Gasteiger charge is 2.34. The van der Waals surface area contributed by atoms with Crippen LogP contribution in [-0.4, -0.2) is 36.3 Å². The van der Waals surface area contributed by atoms with Crippen molar-refractivity contribution in [3.05, 3.63) is 65.3 Å². The fraction of sp³-hybridized carbons (Fsp3) is 0.250. The van der Waals surface area contributed by atoms with Crippen LogP contribution in [0.2, 0.25) is 0 Å². The normalized spacial score (nSPS) is 15.9. The maximum Gasteiger partial charge on any atom is 0.323 e. The minimum absolute atomic E-state index is 0.118. The molecule has 0 bridgehead atoms. The van der Waals surface area contributed by atoms with Crippen LogP contribution in [0.3, 0.4) is 0 Å². The summed E-state index contributed by atoms with van der Waals surface area (Å²) in [4.78, 5) is 14.9. The quantitative estimate of drug-likeness (QED) is 0.734. The Morgan fingerprint density at radius 1 is 1.15 bits per heavy atom. The number of aromatic nitrogens is 1. The molecule has 1 atom stereocenters. The molecular weight excluding hydrogens is 362 g/mol. The molecule has 0 fully saturated rings. The maximum atomic E-state index is 13.1. The molecule has 3 aromatic rings. The third-order valence-electron chi connectivity index (χ3n) is 4.79. The maximum absolute atomic E-state index is 13.1. The number of anilines is 1. The lowest BCUT2D eigenvalue weighted by atomic mass is 9.99. The Morgan fingerprint density at radius 2 is 2.04 bits per heavy atom. The smallest absolute Gasteiger partial charge is 0.323 e. The largest absolute Gasteiger partial charge is 0.497 e. The van der Waals surface area contributed by atoms with Gasteiger partial charge in [0.15, 0.2) is 0 Å². The lowest BCUT2D eigenvalue weighted by Gasteiger charge is -2.37. The van der Waals surface area contributed by atoms with Gasteiger partial charge in [-0.2, -0.15) is 0 Å². The number of nitrogens with zero attached hydrogens (tertiary/aromatic N) is 2. The summed E-state index contributed by atoms with van der Waals surface area (Å²) in [5.74, 6) is 1.42. The predicted octanol–water partition coefficient (Wildman–Crippen LogP) is 4.20. The van der Waals surface area contributed by atoms with Crippen molar-refractivity contribution in [3.63, 3.8) is 0 Å². The molecule has 1 aliphatic heterocycles. The number of thiophene rings is 1. The molecule has 1 N–H and O–H groups in total. The zero-order valence-corrected chi connectivity index (χ0v) is 16.0. The van der Waals surface area contributed by atoms with Crippen LogP contribution in [0, 0.1) is 0 Å². The van der Waals surface area contributed by atoms with Gasteiger partial charge in [-0.15, -0.1) is 11.3 Å². The number of methoxy groups -OCH3 is 2. The van der Waals surface area contributed by atoms with Crippen LogP contribution in [-0.2, 0) is 6.54 Å². The zero-order valence-electron chi connectivity index (χ0n) is 15.2. The van der Waals surface area contributed by atoms with Gasteiger partial charge < -0.3 is 18.9 Å². The Morgan fingerprint density at radius 3 is 2.78 bits per heavy atom. The van der Waals surface area contributed by atoms with Crippen molar-refractivity contribution < 1.29 is 14.3 Å². The van der Waals surface area contributed by atoms with Crippen molar-refractivity contribution in [1.82, 2.24) is 9.47 Å². The van der Waals surface area contributed by atoms with E-state index < -0.39 is 0 Å². The van der Waals surface area contributed by atoms with E-state index >= 15 is 0 Å². The molecule has 1 unspecified atom stereocenters. The fourth-order valence-corrected chi connectivity index (χ4v) is 4.11. The summed E-state index contributed by atoms with van der Waals surface area (Å²) < 4.78 is 13.1. The third kappa shape index (κ3) is 3.26. The first kappa shape index (κ1) is 17.5. The Hall–Kier alpha value is -2.93. The molecule has 0 radical (unpaired) electrons. The third-order valence-corrected chi connectivity index (χ3v) is 5.57. The van der Waals surface area contributed by atoms with Crippen LogP contribution in [0.4, 0.5) is 9.80 Å². The van der Waals surface area contributed by atoms with Gasteiger partial charge in [0.2, 0.25) is 0 Å². The van der Waals surface area contributed by atoms with Crippen molar-refractivity contribution in [2.75, 3.05) is 26.1 Å². The first-order valence-electron chi connectivity index (χ1n) is 8.69. The first-order chi connectivity index (χ1) is 13.2. The SMILES string of the molecule is COc1ccc(C2c3cccn3CCN2C(=O)Nc2cccs2)c(OC)c1. The summed E-state index contributed by atoms with van der Waals surface area (Å²) in [6, 6.07) is 13.3. The monoisotopic (exact) mass is 383 g/mol. The van der Waals surface area contributed by atoms with E-state index in [2.05, 4.69) is 16.0 Å². The van der Waals surface area contributed by atoms with Crippen LogP contribution >= 0.6 is 11.3 Å². The second kappa shape index (κ2) is 7.36. The highest BCUT2D eigenvalue weighted by atomic mass is 32.1. The highest BCUT2D eigenvalue weighted by Crippen LogP contribution is 2.39. The van der Waals surface area contributed by atoms with Gasteiger partial charge in [0.05, 0.1) is 19.2 Å². The molecule has 1 aromatic carbocycles. The summed E-state index contributed by atoms with van der Waals surface area (Å²) in [7, 11) is 3.26. The summed E-state index contributed by atoms with van der Waals surface area (Å²) in [6.45, 7) is 1.37. The van der Waals surface area contributed by atoms with E-state index in [-0.39, 0.29) is 12.1 Å². The minimum atomic E-state index is -0.241. The molecule has 0 aliphatic carbocycles. The van der Waals surface area contributed by atoms with Gasteiger partial charge in [0, 0.05) is 36.6 Å². The number of benzene rings is 1. The summed E-state index contributed by atoms with van der Waals surface area (Å²) in [6.07, 6.45) is 2.05. The van der Waals surface area contributed by atoms with E-state index in [4.69, 9.17) is 9.47 Å². The summed E-state index contributed by atoms with van der Waals surface area (Å²) in [5, 5.41) is 5.79. The summed E-state index contributed by atoms with van der Waals surface area (Å²) >= 11 is 1.51. The van der Waals surface area contributed by atoms with E-state index in [9.17, 15) is 4.79 Å². The number of hydrogen-bond donors (Lipinski definition) is 1. The number of fused-ring (bicyclic) bond motifs is 1. The molecule has 0 saturated heterocycles. The van der Waals surface area contributed by atoms with E-state index in [0.717, 1.165) is 28.6 Å². The molecular formula is C20H21N3O3S. The van der Waals surface area contributed by atoms with Crippen LogP contribution in [0.1, 0.15) is 17.3 Å². The number of carbonyl (C=O) groups is 1. The van der Waals surface area contributed by atoms with Crippen LogP contribution in [0.25, 0.3) is 0 Å². The number of hydrogen-bond acceptors (Lipinski definition) is 4. The van der Waals surface area contributed by atoms with E-state index in [0.29, 0.717) is 12.3 Å². The van der Waals surface area contributed by atoms with E-state index in [1.165, 1.54) is 11.3 Å². The second-order valence-corrected chi connectivity index (χ2v) is 7.19. The number of nitrogens with one attached hydrogen (secondary N) is 1. The lowest BCUT2D eigenvalue weighted by Crippen LogP contribution is -2.44. The molecule has 2 amide bonds. The second-order valence-electron chi connectivity index (χ2n) is 6.24. The molecule has 1 aliphatic rings. The molecule has 6 nitrogen and oxygen atoms in total. The number of rotatable bonds is 4. The van der Waals surface area contributed by atoms with Crippen molar-refractivity contribution in [3.8, 4) is 11.5 Å². The molecule has 3 heterocycles. The topological polar surface area (TPSA) is 55.7 Å². The van der Waals surface area contributed by atoms with Gasteiger partial charge in [0.25, 0.3) is 0 Å². The van der Waals surface area contributed by atoms with Crippen molar-refractivity contribution >= 4 is 22.4 Å². The Labute approximate surface area is 161 Å². The average Bonchev–Trinajstić information content (AvgIpc) is 3.38. The van der Waals surface area contributed by atoms with Crippen molar-refractivity contribution in [2.45, 2.75) is 12.6 Å². The van der Waals surface area contributed by atoms with E-state index in [1.54, 1.807) is 14.2 Å². The number of amides is 2.